The third-order valence-electron chi connectivity index (χ3n) is 4.91. The molecule has 0 atom stereocenters. The SMILES string of the molecule is Oc1cccc2c1ccc1c(-c3ccccc3)cc(-c3ccccc3)[o+]c12.[O-][Cl+3]([O-])([O-])[O-]. The van der Waals surface area contributed by atoms with Gasteiger partial charge in [-0.05, 0) is 42.0 Å². The van der Waals surface area contributed by atoms with Crippen LogP contribution in [0.5, 0.6) is 5.75 Å². The Labute approximate surface area is 185 Å². The van der Waals surface area contributed by atoms with E-state index < -0.39 is 10.2 Å². The average molecular weight is 449 g/mol. The van der Waals surface area contributed by atoms with E-state index in [0.717, 1.165) is 44.2 Å². The van der Waals surface area contributed by atoms with Crippen molar-refractivity contribution in [2.75, 3.05) is 0 Å². The zero-order chi connectivity index (χ0) is 22.7. The van der Waals surface area contributed by atoms with Crippen LogP contribution in [0, 0.1) is 10.2 Å². The predicted molar refractivity (Wildman–Crippen MR) is 111 cm³/mol. The highest BCUT2D eigenvalue weighted by atomic mass is 35.7. The highest BCUT2D eigenvalue weighted by Gasteiger charge is 2.22. The van der Waals surface area contributed by atoms with Crippen LogP contribution in [0.15, 0.2) is 101 Å². The van der Waals surface area contributed by atoms with Crippen molar-refractivity contribution in [2.24, 2.45) is 0 Å². The Balaban J connectivity index is 0.000000444. The summed E-state index contributed by atoms with van der Waals surface area (Å²) in [7, 11) is -4.94. The van der Waals surface area contributed by atoms with E-state index >= 15 is 0 Å². The quantitative estimate of drug-likeness (QED) is 0.326. The highest BCUT2D eigenvalue weighted by molar-refractivity contribution is 6.10. The number of phenolic OH excluding ortho intramolecular Hbond substituents is 1. The maximum Gasteiger partial charge on any atom is 0.369 e. The first-order chi connectivity index (χ1) is 15.3. The molecule has 0 saturated carbocycles. The van der Waals surface area contributed by atoms with E-state index in [2.05, 4.69) is 18.2 Å². The zero-order valence-electron chi connectivity index (χ0n) is 16.6. The zero-order valence-corrected chi connectivity index (χ0v) is 17.4. The van der Waals surface area contributed by atoms with Crippen molar-refractivity contribution in [3.63, 3.8) is 0 Å². The summed E-state index contributed by atoms with van der Waals surface area (Å²) in [5.74, 6) is 1.06. The fourth-order valence-corrected chi connectivity index (χ4v) is 3.59. The lowest BCUT2D eigenvalue weighted by atomic mass is 9.97. The van der Waals surface area contributed by atoms with Gasteiger partial charge in [0.25, 0.3) is 0 Å². The van der Waals surface area contributed by atoms with Crippen LogP contribution in [0.2, 0.25) is 0 Å². The van der Waals surface area contributed by atoms with Crippen molar-refractivity contribution in [1.29, 1.82) is 0 Å². The Bertz CT molecular complexity index is 1360. The summed E-state index contributed by atoms with van der Waals surface area (Å²) in [6, 6.07) is 32.0. The van der Waals surface area contributed by atoms with E-state index in [-0.39, 0.29) is 5.75 Å². The van der Waals surface area contributed by atoms with Gasteiger partial charge in [-0.2, -0.15) is 0 Å². The molecule has 5 rings (SSSR count). The van der Waals surface area contributed by atoms with Crippen LogP contribution in [-0.2, 0) is 0 Å². The molecule has 0 saturated heterocycles. The lowest BCUT2D eigenvalue weighted by Gasteiger charge is -2.17. The molecule has 0 aliphatic carbocycles. The summed E-state index contributed by atoms with van der Waals surface area (Å²) in [6.45, 7) is 0. The first kappa shape index (κ1) is 21.7. The number of benzene rings is 4. The topological polar surface area (TPSA) is 124 Å². The fraction of sp³-hybridized carbons (Fsp3) is 0. The molecule has 0 aliphatic heterocycles. The molecule has 0 amide bonds. The molecular formula is C25H17ClO6. The van der Waals surface area contributed by atoms with Crippen LogP contribution >= 0.6 is 0 Å². The number of phenols is 1. The van der Waals surface area contributed by atoms with Crippen LogP contribution in [0.25, 0.3) is 44.2 Å². The maximum absolute atomic E-state index is 10.3. The molecular weight excluding hydrogens is 432 g/mol. The summed E-state index contributed by atoms with van der Waals surface area (Å²) < 4.78 is 40.3. The summed E-state index contributed by atoms with van der Waals surface area (Å²) in [4.78, 5) is 0. The molecule has 1 heterocycles. The van der Waals surface area contributed by atoms with E-state index in [4.69, 9.17) is 23.1 Å². The van der Waals surface area contributed by atoms with Crippen molar-refractivity contribution < 1.29 is 38.4 Å². The number of fused-ring (bicyclic) bond motifs is 3. The van der Waals surface area contributed by atoms with E-state index in [1.807, 2.05) is 72.8 Å². The molecule has 1 aromatic heterocycles. The Morgan fingerprint density at radius 2 is 1.16 bits per heavy atom. The summed E-state index contributed by atoms with van der Waals surface area (Å²) in [6.07, 6.45) is 0. The first-order valence-electron chi connectivity index (χ1n) is 9.55. The normalized spacial score (nSPS) is 11.2. The lowest BCUT2D eigenvalue weighted by Crippen LogP contribution is -2.68. The largest absolute Gasteiger partial charge is 0.507 e. The molecule has 4 aromatic carbocycles. The third-order valence-corrected chi connectivity index (χ3v) is 4.91. The van der Waals surface area contributed by atoms with Crippen molar-refractivity contribution in [3.8, 4) is 28.2 Å². The molecule has 0 radical (unpaired) electrons. The molecule has 1 N–H and O–H groups in total. The maximum atomic E-state index is 10.3. The van der Waals surface area contributed by atoms with Gasteiger partial charge in [-0.1, -0.05) is 54.6 Å². The van der Waals surface area contributed by atoms with Crippen LogP contribution in [-0.4, -0.2) is 5.11 Å². The molecule has 5 aromatic rings. The number of aromatic hydroxyl groups is 1. The second-order valence-electron chi connectivity index (χ2n) is 6.95. The molecule has 0 fully saturated rings. The van der Waals surface area contributed by atoms with Gasteiger partial charge in [0.1, 0.15) is 5.75 Å². The van der Waals surface area contributed by atoms with Crippen LogP contribution in [0.3, 0.4) is 0 Å². The van der Waals surface area contributed by atoms with Gasteiger partial charge in [-0.3, -0.25) is 0 Å². The Hall–Kier alpha value is -3.52. The summed E-state index contributed by atoms with van der Waals surface area (Å²) in [5, 5.41) is 13.0. The molecule has 0 spiro atoms. The van der Waals surface area contributed by atoms with Gasteiger partial charge in [-0.25, -0.2) is 23.1 Å². The first-order valence-corrected chi connectivity index (χ1v) is 10.8. The smallest absolute Gasteiger partial charge is 0.369 e. The molecule has 0 aliphatic rings. The lowest BCUT2D eigenvalue weighted by molar-refractivity contribution is -2.00. The molecule has 0 bridgehead atoms. The van der Waals surface area contributed by atoms with Gasteiger partial charge >= 0.3 is 11.3 Å². The van der Waals surface area contributed by atoms with E-state index in [0.29, 0.717) is 0 Å². The number of halogens is 1. The molecule has 6 nitrogen and oxygen atoms in total. The minimum atomic E-state index is -4.94. The average Bonchev–Trinajstić information content (AvgIpc) is 2.78. The molecule has 7 heteroatoms. The van der Waals surface area contributed by atoms with Gasteiger partial charge in [-0.15, -0.1) is 10.2 Å². The van der Waals surface area contributed by atoms with E-state index in [9.17, 15) is 5.11 Å². The number of hydrogen-bond acceptors (Lipinski definition) is 5. The molecule has 32 heavy (non-hydrogen) atoms. The minimum Gasteiger partial charge on any atom is -0.507 e. The van der Waals surface area contributed by atoms with Crippen molar-refractivity contribution >= 4 is 21.7 Å². The minimum absolute atomic E-state index is 0.260. The highest BCUT2D eigenvalue weighted by Crippen LogP contribution is 2.39. The van der Waals surface area contributed by atoms with Gasteiger partial charge in [0, 0.05) is 10.9 Å². The monoisotopic (exact) mass is 448 g/mol. The molecule has 0 unspecified atom stereocenters. The Kier molecular flexibility index (Phi) is 6.05. The van der Waals surface area contributed by atoms with Crippen LogP contribution in [0.4, 0.5) is 0 Å². The predicted octanol–water partition coefficient (Wildman–Crippen LogP) is 2.15. The van der Waals surface area contributed by atoms with Crippen molar-refractivity contribution in [1.82, 2.24) is 0 Å². The third kappa shape index (κ3) is 4.86. The molecule has 160 valence electrons. The number of hydrogen-bond donors (Lipinski definition) is 1. The fourth-order valence-electron chi connectivity index (χ4n) is 3.59. The van der Waals surface area contributed by atoms with Gasteiger partial charge in [0.2, 0.25) is 0 Å². The van der Waals surface area contributed by atoms with E-state index in [1.165, 1.54) is 0 Å². The number of rotatable bonds is 2. The second-order valence-corrected chi connectivity index (χ2v) is 7.70. The van der Waals surface area contributed by atoms with Gasteiger partial charge in [0.05, 0.1) is 22.4 Å². The van der Waals surface area contributed by atoms with Crippen LogP contribution in [0.1, 0.15) is 0 Å². The van der Waals surface area contributed by atoms with Crippen molar-refractivity contribution in [3.05, 3.63) is 97.1 Å². The van der Waals surface area contributed by atoms with E-state index in [1.54, 1.807) is 6.07 Å². The summed E-state index contributed by atoms with van der Waals surface area (Å²) in [5.41, 5.74) is 4.05. The second kappa shape index (κ2) is 8.92. The Morgan fingerprint density at radius 3 is 1.78 bits per heavy atom. The van der Waals surface area contributed by atoms with Gasteiger partial charge < -0.3 is 5.11 Å². The van der Waals surface area contributed by atoms with Gasteiger partial charge in [0.15, 0.2) is 0 Å². The van der Waals surface area contributed by atoms with Crippen LogP contribution < -0.4 is 18.6 Å². The van der Waals surface area contributed by atoms with Crippen molar-refractivity contribution in [2.45, 2.75) is 0 Å². The Morgan fingerprint density at radius 1 is 0.594 bits per heavy atom. The summed E-state index contributed by atoms with van der Waals surface area (Å²) >= 11 is 0. The standard InChI is InChI=1S/C25H16O2.ClHO4/c26-23-13-7-12-20-19(23)14-15-21-22(17-8-3-1-4-9-17)16-24(27-25(20)21)18-10-5-2-6-11-18;2-1(3,4)5/h1-16H;(H,2,3,4,5).